The normalized spacial score (nSPS) is 13.3. The Kier molecular flexibility index (Phi) is 1.67. The van der Waals surface area contributed by atoms with E-state index in [-0.39, 0.29) is 12.4 Å². The lowest BCUT2D eigenvalue weighted by molar-refractivity contribution is 0.351. The number of aliphatic hydroxyl groups excluding tert-OH is 1. The molecule has 3 rings (SSSR count). The first kappa shape index (κ1) is 8.62. The van der Waals surface area contributed by atoms with Gasteiger partial charge in [-0.1, -0.05) is 24.3 Å². The molecule has 0 amide bonds. The average molecular weight is 200 g/mol. The summed E-state index contributed by atoms with van der Waals surface area (Å²) in [4.78, 5) is 0. The monoisotopic (exact) mass is 200 g/mol. The fourth-order valence-corrected chi connectivity index (χ4v) is 2.17. The van der Waals surface area contributed by atoms with Gasteiger partial charge in [0.2, 0.25) is 0 Å². The van der Waals surface area contributed by atoms with Crippen LogP contribution in [0, 0.1) is 5.82 Å². The molecule has 2 aromatic carbocycles. The molecule has 0 aromatic heterocycles. The number of halogens is 1. The third-order valence-electron chi connectivity index (χ3n) is 2.87. The second-order valence-corrected chi connectivity index (χ2v) is 3.69. The highest BCUT2D eigenvalue weighted by Gasteiger charge is 2.18. The molecule has 0 radical (unpaired) electrons. The molecule has 74 valence electrons. The van der Waals surface area contributed by atoms with E-state index >= 15 is 0 Å². The van der Waals surface area contributed by atoms with Crippen LogP contribution in [0.5, 0.6) is 0 Å². The zero-order valence-corrected chi connectivity index (χ0v) is 8.00. The van der Waals surface area contributed by atoms with Gasteiger partial charge < -0.3 is 5.11 Å². The fourth-order valence-electron chi connectivity index (χ4n) is 2.17. The van der Waals surface area contributed by atoms with Gasteiger partial charge in [0.05, 0.1) is 6.61 Å². The van der Waals surface area contributed by atoms with Gasteiger partial charge in [-0.3, -0.25) is 0 Å². The maximum Gasteiger partial charge on any atom is 0.131 e. The number of aliphatic hydroxyl groups is 1. The Labute approximate surface area is 86.5 Å². The summed E-state index contributed by atoms with van der Waals surface area (Å²) in [6.07, 6.45) is 1.73. The van der Waals surface area contributed by atoms with E-state index in [4.69, 9.17) is 0 Å². The highest BCUT2D eigenvalue weighted by Crippen LogP contribution is 2.37. The molecule has 15 heavy (non-hydrogen) atoms. The second-order valence-electron chi connectivity index (χ2n) is 3.69. The van der Waals surface area contributed by atoms with Crippen molar-refractivity contribution in [3.05, 3.63) is 47.3 Å². The molecule has 1 aliphatic rings. The Bertz CT molecular complexity index is 584. The van der Waals surface area contributed by atoms with Crippen molar-refractivity contribution in [2.24, 2.45) is 0 Å². The topological polar surface area (TPSA) is 20.2 Å². The van der Waals surface area contributed by atoms with Crippen LogP contribution in [0.3, 0.4) is 0 Å². The van der Waals surface area contributed by atoms with Crippen molar-refractivity contribution >= 4 is 22.4 Å². The van der Waals surface area contributed by atoms with E-state index in [1.165, 1.54) is 6.07 Å². The highest BCUT2D eigenvalue weighted by molar-refractivity contribution is 6.09. The molecule has 0 saturated heterocycles. The standard InChI is InChI=1S/C13H9FO/c14-12-5-4-8-2-1-3-10-9(7-15)6-11(12)13(8)10/h1-6,15H,7H2. The van der Waals surface area contributed by atoms with Gasteiger partial charge in [0.1, 0.15) is 5.82 Å². The molecule has 2 heteroatoms. The fraction of sp³-hybridized carbons (Fsp3) is 0.0769. The molecule has 0 bridgehead atoms. The van der Waals surface area contributed by atoms with Gasteiger partial charge in [-0.05, 0) is 34.1 Å². The number of benzene rings is 2. The minimum atomic E-state index is -0.224. The van der Waals surface area contributed by atoms with Crippen molar-refractivity contribution in [2.45, 2.75) is 0 Å². The van der Waals surface area contributed by atoms with Crippen LogP contribution in [0.2, 0.25) is 0 Å². The summed E-state index contributed by atoms with van der Waals surface area (Å²) in [7, 11) is 0. The SMILES string of the molecule is OCC1=Cc2c(F)ccc3cccc1c23. The van der Waals surface area contributed by atoms with Gasteiger partial charge in [0.15, 0.2) is 0 Å². The summed E-state index contributed by atoms with van der Waals surface area (Å²) < 4.78 is 13.5. The summed E-state index contributed by atoms with van der Waals surface area (Å²) in [6.45, 7) is -0.0484. The van der Waals surface area contributed by atoms with Crippen molar-refractivity contribution in [3.63, 3.8) is 0 Å². The molecule has 1 N–H and O–H groups in total. The molecule has 0 fully saturated rings. The molecular formula is C13H9FO. The van der Waals surface area contributed by atoms with E-state index in [1.54, 1.807) is 12.1 Å². The van der Waals surface area contributed by atoms with Crippen LogP contribution in [0.25, 0.3) is 22.4 Å². The van der Waals surface area contributed by atoms with Gasteiger partial charge in [-0.2, -0.15) is 0 Å². The molecule has 0 spiro atoms. The van der Waals surface area contributed by atoms with Crippen LogP contribution in [-0.4, -0.2) is 11.7 Å². The molecule has 0 heterocycles. The third kappa shape index (κ3) is 1.05. The van der Waals surface area contributed by atoms with Crippen LogP contribution in [0.4, 0.5) is 4.39 Å². The Balaban J connectivity index is 2.49. The Morgan fingerprint density at radius 1 is 1.13 bits per heavy atom. The quantitative estimate of drug-likeness (QED) is 0.750. The van der Waals surface area contributed by atoms with Crippen LogP contribution in [-0.2, 0) is 0 Å². The van der Waals surface area contributed by atoms with E-state index in [9.17, 15) is 9.50 Å². The highest BCUT2D eigenvalue weighted by atomic mass is 19.1. The first-order valence-electron chi connectivity index (χ1n) is 4.84. The van der Waals surface area contributed by atoms with Crippen LogP contribution in [0.1, 0.15) is 11.1 Å². The van der Waals surface area contributed by atoms with Crippen LogP contribution >= 0.6 is 0 Å². The summed E-state index contributed by atoms with van der Waals surface area (Å²) >= 11 is 0. The molecule has 0 aliphatic heterocycles. The van der Waals surface area contributed by atoms with Gasteiger partial charge in [0, 0.05) is 5.56 Å². The molecule has 2 aromatic rings. The molecular weight excluding hydrogens is 191 g/mol. The van der Waals surface area contributed by atoms with Crippen LogP contribution < -0.4 is 0 Å². The van der Waals surface area contributed by atoms with E-state index in [1.807, 2.05) is 18.2 Å². The van der Waals surface area contributed by atoms with E-state index < -0.39 is 0 Å². The minimum Gasteiger partial charge on any atom is -0.392 e. The molecule has 0 saturated carbocycles. The van der Waals surface area contributed by atoms with Gasteiger partial charge in [0.25, 0.3) is 0 Å². The smallest absolute Gasteiger partial charge is 0.131 e. The van der Waals surface area contributed by atoms with E-state index in [2.05, 4.69) is 0 Å². The third-order valence-corrected chi connectivity index (χ3v) is 2.87. The summed E-state index contributed by atoms with van der Waals surface area (Å²) in [5.41, 5.74) is 2.34. The van der Waals surface area contributed by atoms with Crippen molar-refractivity contribution in [2.75, 3.05) is 6.61 Å². The number of rotatable bonds is 1. The van der Waals surface area contributed by atoms with Gasteiger partial charge in [-0.15, -0.1) is 0 Å². The predicted octanol–water partition coefficient (Wildman–Crippen LogP) is 2.83. The molecule has 1 nitrogen and oxygen atoms in total. The predicted molar refractivity (Wildman–Crippen MR) is 58.9 cm³/mol. The zero-order valence-electron chi connectivity index (χ0n) is 8.00. The summed E-state index contributed by atoms with van der Waals surface area (Å²) in [5.74, 6) is -0.224. The van der Waals surface area contributed by atoms with E-state index in [0.29, 0.717) is 5.56 Å². The second kappa shape index (κ2) is 2.91. The van der Waals surface area contributed by atoms with Crippen molar-refractivity contribution in [1.82, 2.24) is 0 Å². The Morgan fingerprint density at radius 3 is 2.80 bits per heavy atom. The minimum absolute atomic E-state index is 0.0484. The molecule has 1 aliphatic carbocycles. The summed E-state index contributed by atoms with van der Waals surface area (Å²) in [5, 5.41) is 11.1. The average Bonchev–Trinajstić information content (AvgIpc) is 2.65. The first-order valence-corrected chi connectivity index (χ1v) is 4.84. The van der Waals surface area contributed by atoms with E-state index in [0.717, 1.165) is 21.9 Å². The Hall–Kier alpha value is -1.67. The maximum absolute atomic E-state index is 13.5. The molecule has 0 atom stereocenters. The lowest BCUT2D eigenvalue weighted by Crippen LogP contribution is -1.86. The summed E-state index contributed by atoms with van der Waals surface area (Å²) in [6, 6.07) is 9.04. The lowest BCUT2D eigenvalue weighted by atomic mass is 10.0. The lowest BCUT2D eigenvalue weighted by Gasteiger charge is -2.03. The number of hydrogen-bond acceptors (Lipinski definition) is 1. The van der Waals surface area contributed by atoms with Crippen molar-refractivity contribution in [1.29, 1.82) is 0 Å². The van der Waals surface area contributed by atoms with Crippen LogP contribution in [0.15, 0.2) is 30.3 Å². The van der Waals surface area contributed by atoms with Gasteiger partial charge >= 0.3 is 0 Å². The zero-order chi connectivity index (χ0) is 10.4. The first-order chi connectivity index (χ1) is 7.31. The largest absolute Gasteiger partial charge is 0.392 e. The van der Waals surface area contributed by atoms with Gasteiger partial charge in [-0.25, -0.2) is 4.39 Å². The Morgan fingerprint density at radius 2 is 2.00 bits per heavy atom. The molecule has 0 unspecified atom stereocenters. The van der Waals surface area contributed by atoms with Crippen molar-refractivity contribution in [3.8, 4) is 0 Å². The van der Waals surface area contributed by atoms with Crippen molar-refractivity contribution < 1.29 is 9.50 Å². The number of hydrogen-bond donors (Lipinski definition) is 1. The maximum atomic E-state index is 13.5.